The van der Waals surface area contributed by atoms with Gasteiger partial charge in [-0.25, -0.2) is 0 Å². The molecule has 0 N–H and O–H groups in total. The van der Waals surface area contributed by atoms with Crippen LogP contribution in [-0.2, 0) is 16.1 Å². The minimum atomic E-state index is -0.0391. The van der Waals surface area contributed by atoms with Gasteiger partial charge >= 0.3 is 0 Å². The highest BCUT2D eigenvalue weighted by Crippen LogP contribution is 2.35. The Labute approximate surface area is 194 Å². The van der Waals surface area contributed by atoms with Gasteiger partial charge in [0.1, 0.15) is 10.9 Å². The molecule has 8 heteroatoms. The molecule has 2 fully saturated rings. The third-order valence-corrected chi connectivity index (χ3v) is 7.22. The third-order valence-electron chi connectivity index (χ3n) is 5.35. The Hall–Kier alpha value is -1.64. The van der Waals surface area contributed by atoms with E-state index < -0.39 is 0 Å². The molecule has 2 aliphatic heterocycles. The molecule has 0 unspecified atom stereocenters. The molecule has 0 spiro atoms. The Morgan fingerprint density at radius 3 is 2.73 bits per heavy atom. The normalized spacial score (nSPS) is 18.6. The Kier molecular flexibility index (Phi) is 6.36. The number of likely N-dealkylation sites (tertiary alicyclic amines) is 1. The summed E-state index contributed by atoms with van der Waals surface area (Å²) in [6.45, 7) is 6.76. The zero-order valence-corrected chi connectivity index (χ0v) is 20.3. The molecule has 0 aliphatic carbocycles. The second kappa shape index (κ2) is 8.85. The van der Waals surface area contributed by atoms with Crippen molar-refractivity contribution < 1.29 is 9.59 Å². The predicted octanol–water partition coefficient (Wildman–Crippen LogP) is 4.88. The second-order valence-electron chi connectivity index (χ2n) is 8.15. The van der Waals surface area contributed by atoms with Crippen LogP contribution in [0.2, 0.25) is 0 Å². The van der Waals surface area contributed by atoms with Crippen LogP contribution in [0, 0.1) is 5.92 Å². The lowest BCUT2D eigenvalue weighted by molar-refractivity contribution is -0.130. The number of carbonyl (C=O) groups excluding carboxylic acids is 2. The van der Waals surface area contributed by atoms with E-state index in [-0.39, 0.29) is 11.8 Å². The zero-order chi connectivity index (χ0) is 21.4. The summed E-state index contributed by atoms with van der Waals surface area (Å²) in [5.74, 6) is 0.450. The van der Waals surface area contributed by atoms with Gasteiger partial charge < -0.3 is 9.47 Å². The number of thioether (sulfide) groups is 1. The molecule has 158 valence electrons. The number of aromatic nitrogens is 1. The van der Waals surface area contributed by atoms with Crippen LogP contribution in [0.5, 0.6) is 0 Å². The molecule has 0 atom stereocenters. The van der Waals surface area contributed by atoms with Crippen LogP contribution in [-0.4, -0.2) is 50.1 Å². The lowest BCUT2D eigenvalue weighted by Crippen LogP contribution is -2.31. The quantitative estimate of drug-likeness (QED) is 0.428. The van der Waals surface area contributed by atoms with Crippen molar-refractivity contribution in [3.8, 4) is 0 Å². The van der Waals surface area contributed by atoms with E-state index in [0.29, 0.717) is 28.2 Å². The minimum Gasteiger partial charge on any atom is -0.341 e. The van der Waals surface area contributed by atoms with Crippen LogP contribution in [0.1, 0.15) is 32.3 Å². The van der Waals surface area contributed by atoms with Gasteiger partial charge in [0, 0.05) is 46.8 Å². The monoisotopic (exact) mass is 505 g/mol. The smallest absolute Gasteiger partial charge is 0.266 e. The molecule has 2 amide bonds. The average Bonchev–Trinajstić information content (AvgIpc) is 3.39. The lowest BCUT2D eigenvalue weighted by Gasteiger charge is -2.16. The predicted molar refractivity (Wildman–Crippen MR) is 130 cm³/mol. The van der Waals surface area contributed by atoms with Crippen LogP contribution in [0.4, 0.5) is 0 Å². The number of carbonyl (C=O) groups is 2. The molecule has 1 aromatic heterocycles. The molecule has 2 aliphatic rings. The first kappa shape index (κ1) is 21.6. The van der Waals surface area contributed by atoms with Crippen molar-refractivity contribution in [1.29, 1.82) is 0 Å². The van der Waals surface area contributed by atoms with Crippen LogP contribution in [0.3, 0.4) is 0 Å². The van der Waals surface area contributed by atoms with E-state index in [2.05, 4.69) is 29.8 Å². The van der Waals surface area contributed by atoms with Crippen LogP contribution < -0.4 is 0 Å². The number of benzene rings is 1. The van der Waals surface area contributed by atoms with Gasteiger partial charge in [-0.2, -0.15) is 0 Å². The van der Waals surface area contributed by atoms with E-state index in [4.69, 9.17) is 12.2 Å². The maximum atomic E-state index is 12.9. The number of hydrogen-bond donors (Lipinski definition) is 0. The standard InChI is InChI=1S/C22H24BrN3O2S2/c1-14(2)11-26-21(28)19(30-22(26)29)9-15-12-25(13-20(27)24-7-3-4-8-24)18-6-5-16(23)10-17(15)18/h5-6,9-10,12,14H,3-4,7-8,11,13H2,1-2H3/b19-9-. The van der Waals surface area contributed by atoms with Gasteiger partial charge in [0.15, 0.2) is 0 Å². The maximum absolute atomic E-state index is 12.9. The molecule has 5 nitrogen and oxygen atoms in total. The van der Waals surface area contributed by atoms with Crippen molar-refractivity contribution in [2.24, 2.45) is 5.92 Å². The zero-order valence-electron chi connectivity index (χ0n) is 17.1. The Bertz CT molecular complexity index is 1050. The summed E-state index contributed by atoms with van der Waals surface area (Å²) in [4.78, 5) is 29.9. The van der Waals surface area contributed by atoms with Crippen molar-refractivity contribution in [3.63, 3.8) is 0 Å². The topological polar surface area (TPSA) is 45.6 Å². The number of halogens is 1. The van der Waals surface area contributed by atoms with Crippen LogP contribution >= 0.6 is 39.9 Å². The number of nitrogens with zero attached hydrogens (tertiary/aromatic N) is 3. The van der Waals surface area contributed by atoms with E-state index in [1.807, 2.05) is 39.9 Å². The number of amides is 2. The minimum absolute atomic E-state index is 0.0391. The van der Waals surface area contributed by atoms with E-state index >= 15 is 0 Å². The number of fused-ring (bicyclic) bond motifs is 1. The largest absolute Gasteiger partial charge is 0.341 e. The average molecular weight is 506 g/mol. The Morgan fingerprint density at radius 1 is 1.30 bits per heavy atom. The molecule has 4 rings (SSSR count). The SMILES string of the molecule is CC(C)CN1C(=O)/C(=C/c2cn(CC(=O)N3CCCC3)c3ccc(Br)cc23)SC1=S. The molecule has 0 bridgehead atoms. The van der Waals surface area contributed by atoms with E-state index in [1.165, 1.54) is 11.8 Å². The summed E-state index contributed by atoms with van der Waals surface area (Å²) in [6, 6.07) is 6.02. The summed E-state index contributed by atoms with van der Waals surface area (Å²) < 4.78 is 3.55. The van der Waals surface area contributed by atoms with Crippen molar-refractivity contribution >= 4 is 73.0 Å². The first-order chi connectivity index (χ1) is 14.3. The van der Waals surface area contributed by atoms with Crippen molar-refractivity contribution in [1.82, 2.24) is 14.4 Å². The summed E-state index contributed by atoms with van der Waals surface area (Å²) in [6.07, 6.45) is 6.04. The van der Waals surface area contributed by atoms with Crippen LogP contribution in [0.25, 0.3) is 17.0 Å². The molecule has 0 radical (unpaired) electrons. The van der Waals surface area contributed by atoms with Gasteiger partial charge in [0.25, 0.3) is 5.91 Å². The van der Waals surface area contributed by atoms with Gasteiger partial charge in [-0.15, -0.1) is 0 Å². The summed E-state index contributed by atoms with van der Waals surface area (Å²) in [5, 5.41) is 1.01. The fraction of sp³-hybridized carbons (Fsp3) is 0.409. The Balaban J connectivity index is 1.68. The molecular formula is C22H24BrN3O2S2. The highest BCUT2D eigenvalue weighted by Gasteiger charge is 2.32. The first-order valence-electron chi connectivity index (χ1n) is 10.1. The van der Waals surface area contributed by atoms with Gasteiger partial charge in [-0.1, -0.05) is 53.8 Å². The Morgan fingerprint density at radius 2 is 2.03 bits per heavy atom. The number of thiocarbonyl (C=S) groups is 1. The van der Waals surface area contributed by atoms with E-state index in [0.717, 1.165) is 46.9 Å². The molecule has 0 saturated carbocycles. The van der Waals surface area contributed by atoms with E-state index in [9.17, 15) is 9.59 Å². The molecule has 30 heavy (non-hydrogen) atoms. The molecule has 1 aromatic carbocycles. The van der Waals surface area contributed by atoms with Crippen LogP contribution in [0.15, 0.2) is 33.8 Å². The fourth-order valence-electron chi connectivity index (χ4n) is 3.92. The molecule has 3 heterocycles. The summed E-state index contributed by atoms with van der Waals surface area (Å²) in [5.41, 5.74) is 1.90. The first-order valence-corrected chi connectivity index (χ1v) is 12.2. The van der Waals surface area contributed by atoms with E-state index in [1.54, 1.807) is 4.90 Å². The van der Waals surface area contributed by atoms with Crippen molar-refractivity contribution in [2.75, 3.05) is 19.6 Å². The summed E-state index contributed by atoms with van der Waals surface area (Å²) >= 11 is 10.3. The second-order valence-corrected chi connectivity index (χ2v) is 10.7. The fourth-order valence-corrected chi connectivity index (χ4v) is 5.55. The molecule has 2 aromatic rings. The van der Waals surface area contributed by atoms with Gasteiger partial charge in [0.2, 0.25) is 5.91 Å². The van der Waals surface area contributed by atoms with Crippen molar-refractivity contribution in [2.45, 2.75) is 33.2 Å². The molecular weight excluding hydrogens is 482 g/mol. The number of rotatable bonds is 5. The maximum Gasteiger partial charge on any atom is 0.266 e. The van der Waals surface area contributed by atoms with Gasteiger partial charge in [-0.3, -0.25) is 14.5 Å². The van der Waals surface area contributed by atoms with Crippen molar-refractivity contribution in [3.05, 3.63) is 39.3 Å². The highest BCUT2D eigenvalue weighted by atomic mass is 79.9. The highest BCUT2D eigenvalue weighted by molar-refractivity contribution is 9.10. The van der Waals surface area contributed by atoms with Gasteiger partial charge in [-0.05, 0) is 43.0 Å². The molecule has 2 saturated heterocycles. The summed E-state index contributed by atoms with van der Waals surface area (Å²) in [7, 11) is 0. The third kappa shape index (κ3) is 4.36. The lowest BCUT2D eigenvalue weighted by atomic mass is 10.1. The number of hydrogen-bond acceptors (Lipinski definition) is 4. The van der Waals surface area contributed by atoms with Gasteiger partial charge in [0.05, 0.1) is 4.91 Å².